The summed E-state index contributed by atoms with van der Waals surface area (Å²) < 4.78 is 1.54. The summed E-state index contributed by atoms with van der Waals surface area (Å²) in [5, 5.41) is 14.3. The number of carboxylic acid groups (broad SMARTS) is 1. The number of nitrogens with zero attached hydrogens (tertiary/aromatic N) is 2. The van der Waals surface area contributed by atoms with Crippen LogP contribution in [0.15, 0.2) is 89.7 Å². The molecular weight excluding hydrogens is 466 g/mol. The molecule has 2 N–H and O–H groups in total. The van der Waals surface area contributed by atoms with Crippen molar-refractivity contribution in [1.29, 1.82) is 0 Å². The van der Waals surface area contributed by atoms with E-state index in [0.717, 1.165) is 5.56 Å². The lowest BCUT2D eigenvalue weighted by atomic mass is 9.80. The van der Waals surface area contributed by atoms with E-state index in [0.29, 0.717) is 54.6 Å². The van der Waals surface area contributed by atoms with Crippen LogP contribution < -0.4 is 10.9 Å². The Bertz CT molecular complexity index is 1500. The number of hydrogen-bond donors (Lipinski definition) is 2. The number of amides is 1. The first-order valence-corrected chi connectivity index (χ1v) is 12.4. The number of nitrogens with one attached hydrogen (secondary N) is 1. The maximum atomic E-state index is 13.7. The van der Waals surface area contributed by atoms with Gasteiger partial charge in [0, 0.05) is 43.0 Å². The SMILES string of the molecule is CC(=O)NC1(c2ccccc2)CCN(Cc2c(C(=O)O)c3ccccc3c(=O)n2-c2ccccc2)CC1. The van der Waals surface area contributed by atoms with E-state index in [1.165, 1.54) is 6.92 Å². The molecular formula is C30H29N3O4. The second kappa shape index (κ2) is 10.0. The molecule has 1 aromatic heterocycles. The smallest absolute Gasteiger partial charge is 0.338 e. The molecule has 0 radical (unpaired) electrons. The quantitative estimate of drug-likeness (QED) is 0.416. The van der Waals surface area contributed by atoms with E-state index in [4.69, 9.17) is 0 Å². The molecule has 0 saturated carbocycles. The van der Waals surface area contributed by atoms with Crippen molar-refractivity contribution in [2.45, 2.75) is 31.8 Å². The fourth-order valence-corrected chi connectivity index (χ4v) is 5.52. The molecule has 188 valence electrons. The molecule has 1 aliphatic heterocycles. The van der Waals surface area contributed by atoms with E-state index in [-0.39, 0.29) is 17.0 Å². The highest BCUT2D eigenvalue weighted by Crippen LogP contribution is 2.34. The average Bonchev–Trinajstić information content (AvgIpc) is 2.91. The highest BCUT2D eigenvalue weighted by molar-refractivity contribution is 6.04. The molecule has 1 amide bonds. The Hall–Kier alpha value is -4.23. The van der Waals surface area contributed by atoms with Crippen molar-refractivity contribution in [2.24, 2.45) is 0 Å². The number of piperidine rings is 1. The average molecular weight is 496 g/mol. The summed E-state index contributed by atoms with van der Waals surface area (Å²) in [6.07, 6.45) is 1.34. The Morgan fingerprint density at radius 2 is 1.43 bits per heavy atom. The van der Waals surface area contributed by atoms with Gasteiger partial charge in [-0.2, -0.15) is 0 Å². The predicted molar refractivity (Wildman–Crippen MR) is 143 cm³/mol. The third-order valence-electron chi connectivity index (χ3n) is 7.24. The van der Waals surface area contributed by atoms with Crippen LogP contribution in [0.2, 0.25) is 0 Å². The minimum absolute atomic E-state index is 0.0853. The van der Waals surface area contributed by atoms with E-state index < -0.39 is 11.5 Å². The van der Waals surface area contributed by atoms with Gasteiger partial charge < -0.3 is 10.4 Å². The summed E-state index contributed by atoms with van der Waals surface area (Å²) in [4.78, 5) is 40.6. The number of likely N-dealkylation sites (tertiary alicyclic amines) is 1. The Labute approximate surface area is 215 Å². The van der Waals surface area contributed by atoms with Crippen LogP contribution in [0.3, 0.4) is 0 Å². The molecule has 37 heavy (non-hydrogen) atoms. The molecule has 7 heteroatoms. The van der Waals surface area contributed by atoms with Crippen LogP contribution in [0.25, 0.3) is 16.5 Å². The first-order valence-electron chi connectivity index (χ1n) is 12.4. The first-order chi connectivity index (χ1) is 17.9. The normalized spacial score (nSPS) is 15.4. The summed E-state index contributed by atoms with van der Waals surface area (Å²) >= 11 is 0. The highest BCUT2D eigenvalue weighted by atomic mass is 16.4. The fraction of sp³-hybridized carbons (Fsp3) is 0.233. The third kappa shape index (κ3) is 4.66. The number of aromatic nitrogens is 1. The van der Waals surface area contributed by atoms with Gasteiger partial charge in [-0.1, -0.05) is 66.7 Å². The van der Waals surface area contributed by atoms with Crippen molar-refractivity contribution in [3.8, 4) is 5.69 Å². The minimum Gasteiger partial charge on any atom is -0.478 e. The predicted octanol–water partition coefficient (Wildman–Crippen LogP) is 4.32. The van der Waals surface area contributed by atoms with E-state index >= 15 is 0 Å². The number of carboxylic acids is 1. The standard InChI is InChI=1S/C30H29N3O4/c1-21(34)31-30(22-10-4-2-5-11-22)16-18-32(19-17-30)20-26-27(29(36)37)24-14-8-9-15-25(24)28(35)33(26)23-12-6-3-7-13-23/h2-15H,16-20H2,1H3,(H,31,34)(H,36,37). The van der Waals surface area contributed by atoms with E-state index in [1.807, 2.05) is 60.7 Å². The fourth-order valence-electron chi connectivity index (χ4n) is 5.52. The summed E-state index contributed by atoms with van der Waals surface area (Å²) in [5.74, 6) is -1.15. The van der Waals surface area contributed by atoms with Crippen LogP contribution in [0, 0.1) is 0 Å². The first kappa shape index (κ1) is 24.5. The molecule has 0 unspecified atom stereocenters. The number of aromatic carboxylic acids is 1. The Morgan fingerprint density at radius 1 is 0.865 bits per heavy atom. The van der Waals surface area contributed by atoms with E-state index in [2.05, 4.69) is 10.2 Å². The Balaban J connectivity index is 1.57. The van der Waals surface area contributed by atoms with Gasteiger partial charge in [-0.3, -0.25) is 19.1 Å². The molecule has 2 heterocycles. The van der Waals surface area contributed by atoms with Crippen LogP contribution in [-0.2, 0) is 16.9 Å². The van der Waals surface area contributed by atoms with Gasteiger partial charge in [0.1, 0.15) is 0 Å². The maximum Gasteiger partial charge on any atom is 0.338 e. The van der Waals surface area contributed by atoms with Crippen molar-refractivity contribution >= 4 is 22.6 Å². The zero-order valence-corrected chi connectivity index (χ0v) is 20.7. The third-order valence-corrected chi connectivity index (χ3v) is 7.24. The molecule has 3 aromatic carbocycles. The van der Waals surface area contributed by atoms with Gasteiger partial charge in [-0.05, 0) is 36.6 Å². The second-order valence-corrected chi connectivity index (χ2v) is 9.55. The van der Waals surface area contributed by atoms with Crippen LogP contribution in [-0.4, -0.2) is 39.5 Å². The lowest BCUT2D eigenvalue weighted by molar-refractivity contribution is -0.121. The number of fused-ring (bicyclic) bond motifs is 1. The molecule has 1 saturated heterocycles. The molecule has 0 atom stereocenters. The number of para-hydroxylation sites is 1. The Kier molecular flexibility index (Phi) is 6.63. The molecule has 0 bridgehead atoms. The summed E-state index contributed by atoms with van der Waals surface area (Å²) in [7, 11) is 0. The molecule has 0 aliphatic carbocycles. The van der Waals surface area contributed by atoms with E-state index in [9.17, 15) is 19.5 Å². The molecule has 1 fully saturated rings. The zero-order chi connectivity index (χ0) is 26.0. The van der Waals surface area contributed by atoms with Crippen molar-refractivity contribution in [3.63, 3.8) is 0 Å². The van der Waals surface area contributed by atoms with Gasteiger partial charge in [-0.15, -0.1) is 0 Å². The van der Waals surface area contributed by atoms with E-state index in [1.54, 1.807) is 28.8 Å². The van der Waals surface area contributed by atoms with Gasteiger partial charge >= 0.3 is 5.97 Å². The number of pyridine rings is 1. The molecule has 1 aliphatic rings. The van der Waals surface area contributed by atoms with Gasteiger partial charge in [0.25, 0.3) is 5.56 Å². The number of hydrogen-bond acceptors (Lipinski definition) is 4. The number of rotatable bonds is 6. The minimum atomic E-state index is -1.07. The maximum absolute atomic E-state index is 13.7. The van der Waals surface area contributed by atoms with Crippen molar-refractivity contribution in [3.05, 3.63) is 112 Å². The second-order valence-electron chi connectivity index (χ2n) is 9.55. The topological polar surface area (TPSA) is 91.6 Å². The lowest BCUT2D eigenvalue weighted by Crippen LogP contribution is -2.52. The zero-order valence-electron chi connectivity index (χ0n) is 20.7. The van der Waals surface area contributed by atoms with Gasteiger partial charge in [0.2, 0.25) is 5.91 Å². The van der Waals surface area contributed by atoms with Gasteiger partial charge in [0.05, 0.1) is 16.8 Å². The van der Waals surface area contributed by atoms with Gasteiger partial charge in [-0.25, -0.2) is 4.79 Å². The van der Waals surface area contributed by atoms with Crippen molar-refractivity contribution in [2.75, 3.05) is 13.1 Å². The number of benzene rings is 3. The van der Waals surface area contributed by atoms with Crippen molar-refractivity contribution < 1.29 is 14.7 Å². The van der Waals surface area contributed by atoms with Crippen LogP contribution in [0.1, 0.15) is 41.4 Å². The Morgan fingerprint density at radius 3 is 2.03 bits per heavy atom. The molecule has 5 rings (SSSR count). The lowest BCUT2D eigenvalue weighted by Gasteiger charge is -2.43. The molecule has 0 spiro atoms. The van der Waals surface area contributed by atoms with Crippen molar-refractivity contribution in [1.82, 2.24) is 14.8 Å². The molecule has 4 aromatic rings. The van der Waals surface area contributed by atoms with Crippen LogP contribution >= 0.6 is 0 Å². The monoisotopic (exact) mass is 495 g/mol. The van der Waals surface area contributed by atoms with Crippen LogP contribution in [0.5, 0.6) is 0 Å². The number of carbonyl (C=O) groups is 2. The summed E-state index contributed by atoms with van der Waals surface area (Å²) in [6.45, 7) is 3.08. The largest absolute Gasteiger partial charge is 0.478 e. The summed E-state index contributed by atoms with van der Waals surface area (Å²) in [6, 6.07) is 26.0. The van der Waals surface area contributed by atoms with Crippen LogP contribution in [0.4, 0.5) is 0 Å². The summed E-state index contributed by atoms with van der Waals surface area (Å²) in [5.41, 5.74) is 1.56. The highest BCUT2D eigenvalue weighted by Gasteiger charge is 2.37. The number of carbonyl (C=O) groups excluding carboxylic acids is 1. The van der Waals surface area contributed by atoms with Gasteiger partial charge in [0.15, 0.2) is 0 Å². The molecule has 7 nitrogen and oxygen atoms in total.